The maximum atomic E-state index is 13.0. The van der Waals surface area contributed by atoms with E-state index in [1.54, 1.807) is 12.1 Å². The van der Waals surface area contributed by atoms with E-state index in [4.69, 9.17) is 0 Å². The summed E-state index contributed by atoms with van der Waals surface area (Å²) >= 11 is 1.33. The number of benzene rings is 2. The highest BCUT2D eigenvalue weighted by atomic mass is 32.2. The van der Waals surface area contributed by atoms with Crippen LogP contribution in [0.2, 0.25) is 0 Å². The lowest BCUT2D eigenvalue weighted by molar-refractivity contribution is -0.118. The van der Waals surface area contributed by atoms with Crippen molar-refractivity contribution in [2.24, 2.45) is 0 Å². The molecule has 0 spiro atoms. The van der Waals surface area contributed by atoms with Gasteiger partial charge in [-0.15, -0.1) is 10.2 Å². The fourth-order valence-electron chi connectivity index (χ4n) is 2.27. The van der Waals surface area contributed by atoms with Crippen molar-refractivity contribution >= 4 is 17.7 Å². The molecule has 0 aliphatic rings. The van der Waals surface area contributed by atoms with Gasteiger partial charge >= 0.3 is 0 Å². The van der Waals surface area contributed by atoms with Crippen LogP contribution in [-0.2, 0) is 11.3 Å². The number of thioether (sulfide) groups is 1. The van der Waals surface area contributed by atoms with Crippen molar-refractivity contribution in [1.82, 2.24) is 15.5 Å². The number of hydrogen-bond acceptors (Lipinski definition) is 4. The molecule has 0 unspecified atom stereocenters. The van der Waals surface area contributed by atoms with Crippen LogP contribution in [0.3, 0.4) is 0 Å². The quantitative estimate of drug-likeness (QED) is 0.669. The smallest absolute Gasteiger partial charge is 0.230 e. The summed E-state index contributed by atoms with van der Waals surface area (Å²) in [5.41, 5.74) is 3.72. The molecule has 0 saturated carbocycles. The van der Waals surface area contributed by atoms with Crippen LogP contribution in [0.4, 0.5) is 4.39 Å². The summed E-state index contributed by atoms with van der Waals surface area (Å²) in [7, 11) is 0. The van der Waals surface area contributed by atoms with E-state index in [0.29, 0.717) is 17.3 Å². The SMILES string of the molecule is Cc1ccc(CNC(=O)CSc2ccc(-c3ccc(F)cc3)nn2)cc1. The molecule has 132 valence electrons. The monoisotopic (exact) mass is 367 g/mol. The van der Waals surface area contributed by atoms with Gasteiger partial charge in [0, 0.05) is 12.1 Å². The van der Waals surface area contributed by atoms with Crippen LogP contribution in [0, 0.1) is 12.7 Å². The number of nitrogens with one attached hydrogen (secondary N) is 1. The Bertz CT molecular complexity index is 865. The van der Waals surface area contributed by atoms with E-state index in [1.807, 2.05) is 43.3 Å². The summed E-state index contributed by atoms with van der Waals surface area (Å²) in [4.78, 5) is 12.0. The Hall–Kier alpha value is -2.73. The van der Waals surface area contributed by atoms with Crippen molar-refractivity contribution in [2.75, 3.05) is 5.75 Å². The molecule has 4 nitrogen and oxygen atoms in total. The Balaban J connectivity index is 1.49. The average molecular weight is 367 g/mol. The number of aryl methyl sites for hydroxylation is 1. The summed E-state index contributed by atoms with van der Waals surface area (Å²) < 4.78 is 13.0. The highest BCUT2D eigenvalue weighted by Gasteiger charge is 2.06. The third-order valence-corrected chi connectivity index (χ3v) is 4.66. The lowest BCUT2D eigenvalue weighted by atomic mass is 10.1. The second-order valence-corrected chi connectivity index (χ2v) is 6.81. The van der Waals surface area contributed by atoms with E-state index in [-0.39, 0.29) is 17.5 Å². The van der Waals surface area contributed by atoms with Gasteiger partial charge in [-0.1, -0.05) is 41.6 Å². The molecule has 0 saturated heterocycles. The molecular formula is C20H18FN3OS. The molecule has 1 amide bonds. The normalized spacial score (nSPS) is 10.5. The predicted molar refractivity (Wildman–Crippen MR) is 101 cm³/mol. The number of aromatic nitrogens is 2. The molecule has 6 heteroatoms. The number of amides is 1. The molecule has 1 N–H and O–H groups in total. The minimum atomic E-state index is -0.287. The molecule has 0 aliphatic heterocycles. The molecule has 1 aromatic heterocycles. The maximum Gasteiger partial charge on any atom is 0.230 e. The number of rotatable bonds is 6. The lowest BCUT2D eigenvalue weighted by Crippen LogP contribution is -2.24. The predicted octanol–water partition coefficient (Wildman–Crippen LogP) is 4.00. The number of hydrogen-bond donors (Lipinski definition) is 1. The van der Waals surface area contributed by atoms with Crippen LogP contribution in [0.5, 0.6) is 0 Å². The van der Waals surface area contributed by atoms with Gasteiger partial charge < -0.3 is 5.32 Å². The fourth-order valence-corrected chi connectivity index (χ4v) is 2.91. The molecule has 0 radical (unpaired) electrons. The molecule has 26 heavy (non-hydrogen) atoms. The van der Waals surface area contributed by atoms with Gasteiger partial charge in [-0.05, 0) is 48.9 Å². The van der Waals surface area contributed by atoms with Crippen LogP contribution < -0.4 is 5.32 Å². The van der Waals surface area contributed by atoms with Crippen molar-refractivity contribution in [1.29, 1.82) is 0 Å². The first-order valence-corrected chi connectivity index (χ1v) is 9.13. The van der Waals surface area contributed by atoms with E-state index in [0.717, 1.165) is 11.1 Å². The van der Waals surface area contributed by atoms with E-state index >= 15 is 0 Å². The van der Waals surface area contributed by atoms with E-state index in [1.165, 1.54) is 29.5 Å². The van der Waals surface area contributed by atoms with Crippen molar-refractivity contribution < 1.29 is 9.18 Å². The fraction of sp³-hybridized carbons (Fsp3) is 0.150. The van der Waals surface area contributed by atoms with E-state index in [2.05, 4.69) is 15.5 Å². The molecule has 0 bridgehead atoms. The molecular weight excluding hydrogens is 349 g/mol. The first-order valence-electron chi connectivity index (χ1n) is 8.15. The summed E-state index contributed by atoms with van der Waals surface area (Å²) in [5.74, 6) is -0.0679. The summed E-state index contributed by atoms with van der Waals surface area (Å²) in [6.07, 6.45) is 0. The Labute approximate surface area is 155 Å². The second kappa shape index (κ2) is 8.58. The largest absolute Gasteiger partial charge is 0.351 e. The van der Waals surface area contributed by atoms with Crippen LogP contribution in [0.1, 0.15) is 11.1 Å². The third kappa shape index (κ3) is 5.13. The van der Waals surface area contributed by atoms with Crippen LogP contribution in [0.25, 0.3) is 11.3 Å². The van der Waals surface area contributed by atoms with E-state index in [9.17, 15) is 9.18 Å². The van der Waals surface area contributed by atoms with Gasteiger partial charge in [0.1, 0.15) is 10.8 Å². The maximum absolute atomic E-state index is 13.0. The zero-order valence-electron chi connectivity index (χ0n) is 14.3. The Morgan fingerprint density at radius 3 is 2.38 bits per heavy atom. The summed E-state index contributed by atoms with van der Waals surface area (Å²) in [6.45, 7) is 2.54. The topological polar surface area (TPSA) is 54.9 Å². The highest BCUT2D eigenvalue weighted by Crippen LogP contribution is 2.20. The molecule has 0 aliphatic carbocycles. The zero-order chi connectivity index (χ0) is 18.4. The second-order valence-electron chi connectivity index (χ2n) is 5.81. The summed E-state index contributed by atoms with van der Waals surface area (Å²) in [5, 5.41) is 11.8. The minimum absolute atomic E-state index is 0.0556. The average Bonchev–Trinajstić information content (AvgIpc) is 2.67. The van der Waals surface area contributed by atoms with Gasteiger partial charge in [-0.25, -0.2) is 4.39 Å². The standard InChI is InChI=1S/C20H18FN3OS/c1-14-2-4-15(5-3-14)12-22-19(25)13-26-20-11-10-18(23-24-20)16-6-8-17(21)9-7-16/h2-11H,12-13H2,1H3,(H,22,25). The molecule has 1 heterocycles. The van der Waals surface area contributed by atoms with E-state index < -0.39 is 0 Å². The Kier molecular flexibility index (Phi) is 5.96. The molecule has 3 aromatic rings. The number of carbonyl (C=O) groups is 1. The number of carbonyl (C=O) groups excluding carboxylic acids is 1. The van der Waals surface area contributed by atoms with Crippen molar-refractivity contribution in [3.8, 4) is 11.3 Å². The first kappa shape index (κ1) is 18.1. The van der Waals surface area contributed by atoms with Crippen LogP contribution >= 0.6 is 11.8 Å². The molecule has 0 fully saturated rings. The van der Waals surface area contributed by atoms with Crippen LogP contribution in [0.15, 0.2) is 65.7 Å². The van der Waals surface area contributed by atoms with Gasteiger partial charge in [0.05, 0.1) is 11.4 Å². The Morgan fingerprint density at radius 1 is 1.00 bits per heavy atom. The van der Waals surface area contributed by atoms with Gasteiger partial charge in [0.2, 0.25) is 5.91 Å². The summed E-state index contributed by atoms with van der Waals surface area (Å²) in [6, 6.07) is 17.8. The van der Waals surface area contributed by atoms with Gasteiger partial charge in [-0.3, -0.25) is 4.79 Å². The highest BCUT2D eigenvalue weighted by molar-refractivity contribution is 7.99. The van der Waals surface area contributed by atoms with Gasteiger partial charge in [0.15, 0.2) is 0 Å². The van der Waals surface area contributed by atoms with Crippen molar-refractivity contribution in [3.63, 3.8) is 0 Å². The molecule has 2 aromatic carbocycles. The molecule has 0 atom stereocenters. The van der Waals surface area contributed by atoms with Crippen LogP contribution in [-0.4, -0.2) is 21.9 Å². The van der Waals surface area contributed by atoms with Gasteiger partial charge in [0.25, 0.3) is 0 Å². The number of halogens is 1. The third-order valence-electron chi connectivity index (χ3n) is 3.74. The Morgan fingerprint density at radius 2 is 1.73 bits per heavy atom. The number of nitrogens with zero attached hydrogens (tertiary/aromatic N) is 2. The molecule has 3 rings (SSSR count). The van der Waals surface area contributed by atoms with Gasteiger partial charge in [-0.2, -0.15) is 0 Å². The van der Waals surface area contributed by atoms with Crippen molar-refractivity contribution in [2.45, 2.75) is 18.5 Å². The zero-order valence-corrected chi connectivity index (χ0v) is 15.1. The first-order chi connectivity index (χ1) is 12.6. The minimum Gasteiger partial charge on any atom is -0.351 e. The van der Waals surface area contributed by atoms with Crippen molar-refractivity contribution in [3.05, 3.63) is 77.6 Å². The lowest BCUT2D eigenvalue weighted by Gasteiger charge is -2.06.